The highest BCUT2D eigenvalue weighted by molar-refractivity contribution is 5.77. The van der Waals surface area contributed by atoms with E-state index in [2.05, 4.69) is 10.6 Å². The molecule has 0 bridgehead atoms. The summed E-state index contributed by atoms with van der Waals surface area (Å²) in [5, 5.41) is 5.58. The number of hydrogen-bond acceptors (Lipinski definition) is 6. The van der Waals surface area contributed by atoms with Crippen LogP contribution in [0, 0.1) is 0 Å². The molecule has 0 aliphatic rings. The van der Waals surface area contributed by atoms with Crippen LogP contribution in [0.2, 0.25) is 0 Å². The maximum atomic E-state index is 11.4. The summed E-state index contributed by atoms with van der Waals surface area (Å²) in [4.78, 5) is 36.0. The summed E-state index contributed by atoms with van der Waals surface area (Å²) in [7, 11) is 0. The van der Waals surface area contributed by atoms with Gasteiger partial charge in [-0.2, -0.15) is 0 Å². The van der Waals surface area contributed by atoms with Gasteiger partial charge in [0.05, 0.1) is 33.0 Å². The van der Waals surface area contributed by atoms with Crippen LogP contribution in [0.25, 0.3) is 0 Å². The third-order valence-electron chi connectivity index (χ3n) is 3.64. The molecule has 0 rings (SSSR count). The second-order valence-corrected chi connectivity index (χ2v) is 6.40. The lowest BCUT2D eigenvalue weighted by Gasteiger charge is -2.21. The summed E-state index contributed by atoms with van der Waals surface area (Å²) >= 11 is 0. The highest BCUT2D eigenvalue weighted by atomic mass is 16.5. The predicted octanol–water partition coefficient (Wildman–Crippen LogP) is 0.743. The van der Waals surface area contributed by atoms with Crippen LogP contribution in [-0.2, 0) is 23.9 Å². The molecule has 0 unspecified atom stereocenters. The molecule has 2 N–H and O–H groups in total. The van der Waals surface area contributed by atoms with Gasteiger partial charge in [0.1, 0.15) is 5.78 Å². The average Bonchev–Trinajstić information content (AvgIpc) is 2.60. The molecule has 27 heavy (non-hydrogen) atoms. The fourth-order valence-corrected chi connectivity index (χ4v) is 2.33. The zero-order valence-corrected chi connectivity index (χ0v) is 17.2. The van der Waals surface area contributed by atoms with E-state index < -0.39 is 0 Å². The maximum Gasteiger partial charge on any atom is 0.220 e. The number of carbonyl (C=O) groups is 3. The lowest BCUT2D eigenvalue weighted by Crippen LogP contribution is -2.36. The Bertz CT molecular complexity index is 388. The number of ketones is 1. The van der Waals surface area contributed by atoms with Gasteiger partial charge in [-0.15, -0.1) is 0 Å². The van der Waals surface area contributed by atoms with Gasteiger partial charge in [0.15, 0.2) is 0 Å². The normalized spacial score (nSPS) is 10.8. The number of nitrogens with zero attached hydrogens (tertiary/aromatic N) is 1. The minimum atomic E-state index is 0.0438. The van der Waals surface area contributed by atoms with Crippen LogP contribution in [0.15, 0.2) is 0 Å². The zero-order chi connectivity index (χ0) is 20.3. The van der Waals surface area contributed by atoms with Gasteiger partial charge in [0, 0.05) is 39.0 Å². The molecule has 0 aromatic heterocycles. The Morgan fingerprint density at radius 1 is 0.778 bits per heavy atom. The first-order chi connectivity index (χ1) is 13.0. The molecule has 0 spiro atoms. The summed E-state index contributed by atoms with van der Waals surface area (Å²) in [5.41, 5.74) is 0. The van der Waals surface area contributed by atoms with E-state index in [-0.39, 0.29) is 17.6 Å². The van der Waals surface area contributed by atoms with Gasteiger partial charge in [-0.25, -0.2) is 0 Å². The van der Waals surface area contributed by atoms with Crippen LogP contribution in [0.1, 0.15) is 46.5 Å². The van der Waals surface area contributed by atoms with Gasteiger partial charge < -0.3 is 20.1 Å². The fourth-order valence-electron chi connectivity index (χ4n) is 2.33. The number of hydrogen-bond donors (Lipinski definition) is 2. The Balaban J connectivity index is 3.77. The number of amides is 2. The number of ether oxygens (including phenoxy) is 2. The van der Waals surface area contributed by atoms with E-state index in [0.29, 0.717) is 72.0 Å². The minimum absolute atomic E-state index is 0.0438. The van der Waals surface area contributed by atoms with Crippen molar-refractivity contribution in [1.29, 1.82) is 0 Å². The molecule has 0 aliphatic heterocycles. The second-order valence-electron chi connectivity index (χ2n) is 6.40. The van der Waals surface area contributed by atoms with Crippen molar-refractivity contribution in [2.45, 2.75) is 46.5 Å². The monoisotopic (exact) mass is 387 g/mol. The van der Waals surface area contributed by atoms with Crippen LogP contribution >= 0.6 is 0 Å². The van der Waals surface area contributed by atoms with E-state index in [4.69, 9.17) is 9.47 Å². The molecule has 2 amide bonds. The van der Waals surface area contributed by atoms with Gasteiger partial charge >= 0.3 is 0 Å². The molecule has 0 aromatic rings. The number of rotatable bonds is 18. The van der Waals surface area contributed by atoms with Crippen molar-refractivity contribution in [3.05, 3.63) is 0 Å². The van der Waals surface area contributed by atoms with Gasteiger partial charge in [-0.3, -0.25) is 19.3 Å². The highest BCUT2D eigenvalue weighted by Crippen LogP contribution is 1.92. The van der Waals surface area contributed by atoms with Gasteiger partial charge in [-0.05, 0) is 19.8 Å². The standard InChI is InChI=1S/C19H37N3O5/c1-4-6-18(24)20-8-12-26-14-10-22(16-17(3)23)11-15-27-13-9-21-19(25)7-5-2/h4-16H2,1-3H3,(H,20,24)(H,21,25). The van der Waals surface area contributed by atoms with Crippen molar-refractivity contribution in [2.24, 2.45) is 0 Å². The Hall–Kier alpha value is -1.51. The molecule has 0 fully saturated rings. The van der Waals surface area contributed by atoms with Crippen molar-refractivity contribution in [3.63, 3.8) is 0 Å². The van der Waals surface area contributed by atoms with Crippen LogP contribution in [0.3, 0.4) is 0 Å². The molecule has 0 radical (unpaired) electrons. The first-order valence-corrected chi connectivity index (χ1v) is 9.90. The molecule has 0 saturated carbocycles. The molecule has 0 atom stereocenters. The lowest BCUT2D eigenvalue weighted by atomic mass is 10.3. The van der Waals surface area contributed by atoms with Crippen LogP contribution < -0.4 is 10.6 Å². The van der Waals surface area contributed by atoms with Crippen molar-refractivity contribution in [3.8, 4) is 0 Å². The van der Waals surface area contributed by atoms with E-state index in [1.54, 1.807) is 6.92 Å². The molecule has 8 nitrogen and oxygen atoms in total. The highest BCUT2D eigenvalue weighted by Gasteiger charge is 2.08. The summed E-state index contributed by atoms with van der Waals surface area (Å²) in [6.07, 6.45) is 2.74. The van der Waals surface area contributed by atoms with E-state index in [1.165, 1.54) is 0 Å². The number of carbonyl (C=O) groups excluding carboxylic acids is 3. The van der Waals surface area contributed by atoms with Crippen molar-refractivity contribution in [1.82, 2.24) is 15.5 Å². The molecule has 0 aliphatic carbocycles. The van der Waals surface area contributed by atoms with Gasteiger partial charge in [-0.1, -0.05) is 13.8 Å². The first kappa shape index (κ1) is 25.5. The second kappa shape index (κ2) is 17.9. The largest absolute Gasteiger partial charge is 0.378 e. The number of nitrogens with one attached hydrogen (secondary N) is 2. The molecule has 0 aromatic carbocycles. The SMILES string of the molecule is CCCC(=O)NCCOCCN(CCOCCNC(=O)CCC)CC(C)=O. The lowest BCUT2D eigenvalue weighted by molar-refractivity contribution is -0.122. The minimum Gasteiger partial charge on any atom is -0.378 e. The smallest absolute Gasteiger partial charge is 0.220 e. The maximum absolute atomic E-state index is 11.4. The Kier molecular flexibility index (Phi) is 16.9. The summed E-state index contributed by atoms with van der Waals surface area (Å²) in [6.45, 7) is 9.98. The first-order valence-electron chi connectivity index (χ1n) is 9.90. The van der Waals surface area contributed by atoms with E-state index >= 15 is 0 Å². The quantitative estimate of drug-likeness (QED) is 0.337. The van der Waals surface area contributed by atoms with E-state index in [0.717, 1.165) is 12.8 Å². The number of Topliss-reactive ketones (excluding diaryl/α,β-unsaturated/α-hetero) is 1. The Morgan fingerprint density at radius 2 is 1.22 bits per heavy atom. The topological polar surface area (TPSA) is 97.0 Å². The summed E-state index contributed by atoms with van der Waals surface area (Å²) < 4.78 is 11.0. The third-order valence-corrected chi connectivity index (χ3v) is 3.64. The van der Waals surface area contributed by atoms with E-state index in [1.807, 2.05) is 18.7 Å². The van der Waals surface area contributed by atoms with Crippen molar-refractivity contribution in [2.75, 3.05) is 59.2 Å². The fraction of sp³-hybridized carbons (Fsp3) is 0.842. The van der Waals surface area contributed by atoms with Crippen LogP contribution in [-0.4, -0.2) is 81.6 Å². The molecular formula is C19H37N3O5. The Labute approximate surface area is 163 Å². The molecule has 0 saturated heterocycles. The molecule has 158 valence electrons. The predicted molar refractivity (Wildman–Crippen MR) is 105 cm³/mol. The molecule has 8 heteroatoms. The van der Waals surface area contributed by atoms with Crippen molar-refractivity contribution < 1.29 is 23.9 Å². The third kappa shape index (κ3) is 17.7. The molecular weight excluding hydrogens is 350 g/mol. The van der Waals surface area contributed by atoms with E-state index in [9.17, 15) is 14.4 Å². The van der Waals surface area contributed by atoms with Gasteiger partial charge in [0.25, 0.3) is 0 Å². The zero-order valence-electron chi connectivity index (χ0n) is 17.2. The van der Waals surface area contributed by atoms with Crippen LogP contribution in [0.4, 0.5) is 0 Å². The average molecular weight is 388 g/mol. The summed E-state index contributed by atoms with van der Waals surface area (Å²) in [5.74, 6) is 0.179. The molecule has 0 heterocycles. The summed E-state index contributed by atoms with van der Waals surface area (Å²) in [6, 6.07) is 0. The van der Waals surface area contributed by atoms with Gasteiger partial charge in [0.2, 0.25) is 11.8 Å². The van der Waals surface area contributed by atoms with Crippen molar-refractivity contribution >= 4 is 17.6 Å². The van der Waals surface area contributed by atoms with Crippen LogP contribution in [0.5, 0.6) is 0 Å². The Morgan fingerprint density at radius 3 is 1.59 bits per heavy atom.